The van der Waals surface area contributed by atoms with Gasteiger partial charge in [-0.3, -0.25) is 9.69 Å². The van der Waals surface area contributed by atoms with Crippen molar-refractivity contribution in [3.63, 3.8) is 0 Å². The fraction of sp³-hybridized carbons (Fsp3) is 0.235. The molecule has 110 valence electrons. The second-order valence-electron chi connectivity index (χ2n) is 5.08. The van der Waals surface area contributed by atoms with Crippen LogP contribution < -0.4 is 5.32 Å². The molecule has 3 nitrogen and oxygen atoms in total. The number of rotatable bonds is 5. The van der Waals surface area contributed by atoms with E-state index in [2.05, 4.69) is 5.32 Å². The summed E-state index contributed by atoms with van der Waals surface area (Å²) in [6.45, 7) is 2.35. The first-order valence-corrected chi connectivity index (χ1v) is 6.87. The van der Waals surface area contributed by atoms with E-state index in [-0.39, 0.29) is 17.8 Å². The van der Waals surface area contributed by atoms with Crippen LogP contribution in [0.25, 0.3) is 0 Å². The Kier molecular flexibility index (Phi) is 5.06. The third kappa shape index (κ3) is 4.39. The molecule has 0 saturated carbocycles. The highest BCUT2D eigenvalue weighted by Gasteiger charge is 2.18. The van der Waals surface area contributed by atoms with E-state index < -0.39 is 0 Å². The molecule has 1 N–H and O–H groups in total. The minimum atomic E-state index is -0.312. The van der Waals surface area contributed by atoms with Gasteiger partial charge in [0.25, 0.3) is 0 Å². The molecule has 0 aliphatic heterocycles. The smallest absolute Gasteiger partial charge is 0.241 e. The van der Waals surface area contributed by atoms with E-state index in [9.17, 15) is 9.18 Å². The third-order valence-electron chi connectivity index (χ3n) is 3.40. The minimum absolute atomic E-state index is 0.0832. The van der Waals surface area contributed by atoms with Gasteiger partial charge in [-0.1, -0.05) is 30.3 Å². The Morgan fingerprint density at radius 2 is 1.90 bits per heavy atom. The van der Waals surface area contributed by atoms with Crippen LogP contribution in [0.4, 0.5) is 10.1 Å². The summed E-state index contributed by atoms with van der Waals surface area (Å²) < 4.78 is 13.2. The van der Waals surface area contributed by atoms with Crippen LogP contribution in [-0.4, -0.2) is 23.9 Å². The Bertz CT molecular complexity index is 601. The van der Waals surface area contributed by atoms with Crippen molar-refractivity contribution in [2.24, 2.45) is 0 Å². The molecule has 0 spiro atoms. The van der Waals surface area contributed by atoms with Crippen LogP contribution >= 0.6 is 0 Å². The average molecular weight is 286 g/mol. The van der Waals surface area contributed by atoms with Crippen molar-refractivity contribution in [3.05, 3.63) is 66.0 Å². The second kappa shape index (κ2) is 6.99. The summed E-state index contributed by atoms with van der Waals surface area (Å²) in [5, 5.41) is 2.87. The maximum absolute atomic E-state index is 13.2. The zero-order valence-corrected chi connectivity index (χ0v) is 12.2. The van der Waals surface area contributed by atoms with Crippen molar-refractivity contribution >= 4 is 11.6 Å². The van der Waals surface area contributed by atoms with Gasteiger partial charge in [-0.05, 0) is 43.8 Å². The van der Waals surface area contributed by atoms with Crippen LogP contribution in [0.2, 0.25) is 0 Å². The molecule has 0 unspecified atom stereocenters. The Morgan fingerprint density at radius 1 is 1.19 bits per heavy atom. The van der Waals surface area contributed by atoms with Crippen LogP contribution in [0.5, 0.6) is 0 Å². The zero-order chi connectivity index (χ0) is 15.2. The Labute approximate surface area is 124 Å². The lowest BCUT2D eigenvalue weighted by Gasteiger charge is -2.24. The molecule has 0 radical (unpaired) electrons. The predicted octanol–water partition coefficient (Wildman–Crippen LogP) is 3.28. The van der Waals surface area contributed by atoms with Crippen molar-refractivity contribution in [1.82, 2.24) is 4.90 Å². The highest BCUT2D eigenvalue weighted by molar-refractivity contribution is 5.94. The largest absolute Gasteiger partial charge is 0.325 e. The van der Waals surface area contributed by atoms with E-state index in [1.807, 2.05) is 55.3 Å². The highest BCUT2D eigenvalue weighted by Crippen LogP contribution is 2.11. The van der Waals surface area contributed by atoms with Gasteiger partial charge in [0.15, 0.2) is 0 Å². The van der Waals surface area contributed by atoms with Gasteiger partial charge in [0.1, 0.15) is 5.82 Å². The lowest BCUT2D eigenvalue weighted by molar-refractivity contribution is -0.120. The number of hydrogen-bond donors (Lipinski definition) is 1. The number of likely N-dealkylation sites (N-methyl/N-ethyl adjacent to an activating group) is 1. The van der Waals surface area contributed by atoms with Crippen molar-refractivity contribution < 1.29 is 9.18 Å². The fourth-order valence-corrected chi connectivity index (χ4v) is 2.03. The van der Waals surface area contributed by atoms with Crippen LogP contribution in [-0.2, 0) is 11.3 Å². The molecule has 1 amide bonds. The van der Waals surface area contributed by atoms with Gasteiger partial charge in [0.2, 0.25) is 5.91 Å². The van der Waals surface area contributed by atoms with E-state index in [0.717, 1.165) is 11.3 Å². The first-order valence-electron chi connectivity index (χ1n) is 6.87. The number of nitrogens with zero attached hydrogens (tertiary/aromatic N) is 1. The summed E-state index contributed by atoms with van der Waals surface area (Å²) in [6.07, 6.45) is 0. The third-order valence-corrected chi connectivity index (χ3v) is 3.40. The van der Waals surface area contributed by atoms with Gasteiger partial charge < -0.3 is 5.32 Å². The maximum Gasteiger partial charge on any atom is 0.241 e. The van der Waals surface area contributed by atoms with Crippen LogP contribution in [0.1, 0.15) is 12.5 Å². The van der Waals surface area contributed by atoms with E-state index >= 15 is 0 Å². The number of amides is 1. The SMILES string of the molecule is C[C@H](C(=O)Nc1ccccc1)N(C)Cc1cccc(F)c1. The van der Waals surface area contributed by atoms with Gasteiger partial charge in [0.05, 0.1) is 6.04 Å². The molecule has 0 aromatic heterocycles. The Morgan fingerprint density at radius 3 is 2.57 bits per heavy atom. The molecule has 2 rings (SSSR count). The van der Waals surface area contributed by atoms with Crippen LogP contribution in [0.3, 0.4) is 0 Å². The summed E-state index contributed by atoms with van der Waals surface area (Å²) >= 11 is 0. The molecule has 0 aliphatic carbocycles. The first-order chi connectivity index (χ1) is 10.1. The van der Waals surface area contributed by atoms with Gasteiger partial charge in [-0.25, -0.2) is 4.39 Å². The van der Waals surface area contributed by atoms with Crippen molar-refractivity contribution in [2.45, 2.75) is 19.5 Å². The van der Waals surface area contributed by atoms with Gasteiger partial charge in [0, 0.05) is 12.2 Å². The molecule has 0 bridgehead atoms. The molecule has 0 aliphatic rings. The number of anilines is 1. The molecular weight excluding hydrogens is 267 g/mol. The van der Waals surface area contributed by atoms with Crippen LogP contribution in [0, 0.1) is 5.82 Å². The molecule has 21 heavy (non-hydrogen) atoms. The van der Waals surface area contributed by atoms with Crippen molar-refractivity contribution in [3.8, 4) is 0 Å². The summed E-state index contributed by atoms with van der Waals surface area (Å²) in [7, 11) is 1.85. The lowest BCUT2D eigenvalue weighted by Crippen LogP contribution is -2.39. The van der Waals surface area contributed by atoms with E-state index in [4.69, 9.17) is 0 Å². The maximum atomic E-state index is 13.2. The van der Waals surface area contributed by atoms with E-state index in [1.165, 1.54) is 12.1 Å². The summed E-state index contributed by atoms with van der Waals surface area (Å²) in [6, 6.07) is 15.4. The average Bonchev–Trinajstić information content (AvgIpc) is 2.47. The monoisotopic (exact) mass is 286 g/mol. The Hall–Kier alpha value is -2.20. The number of nitrogens with one attached hydrogen (secondary N) is 1. The van der Waals surface area contributed by atoms with Gasteiger partial charge >= 0.3 is 0 Å². The number of carbonyl (C=O) groups is 1. The molecule has 4 heteroatoms. The van der Waals surface area contributed by atoms with E-state index in [0.29, 0.717) is 6.54 Å². The lowest BCUT2D eigenvalue weighted by atomic mass is 10.2. The number of carbonyl (C=O) groups excluding carboxylic acids is 1. The molecule has 0 fully saturated rings. The van der Waals surface area contributed by atoms with Gasteiger partial charge in [-0.15, -0.1) is 0 Å². The summed E-state index contributed by atoms with van der Waals surface area (Å²) in [4.78, 5) is 14.1. The van der Waals surface area contributed by atoms with Crippen molar-refractivity contribution in [1.29, 1.82) is 0 Å². The molecule has 1 atom stereocenters. The molecule has 0 saturated heterocycles. The Balaban J connectivity index is 1.95. The van der Waals surface area contributed by atoms with E-state index in [1.54, 1.807) is 6.07 Å². The summed E-state index contributed by atoms with van der Waals surface area (Å²) in [5.41, 5.74) is 1.62. The number of para-hydroxylation sites is 1. The molecule has 2 aromatic carbocycles. The van der Waals surface area contributed by atoms with Gasteiger partial charge in [-0.2, -0.15) is 0 Å². The first kappa shape index (κ1) is 15.2. The molecule has 2 aromatic rings. The second-order valence-corrected chi connectivity index (χ2v) is 5.08. The topological polar surface area (TPSA) is 32.3 Å². The predicted molar refractivity (Wildman–Crippen MR) is 82.4 cm³/mol. The number of hydrogen-bond acceptors (Lipinski definition) is 2. The minimum Gasteiger partial charge on any atom is -0.325 e. The zero-order valence-electron chi connectivity index (χ0n) is 12.2. The summed E-state index contributed by atoms with van der Waals surface area (Å²) in [5.74, 6) is -0.345. The van der Waals surface area contributed by atoms with Crippen LogP contribution in [0.15, 0.2) is 54.6 Å². The standard InChI is InChI=1S/C17H19FN2O/c1-13(17(21)19-16-9-4-3-5-10-16)20(2)12-14-7-6-8-15(18)11-14/h3-11,13H,12H2,1-2H3,(H,19,21)/t13-/m1/s1. The molecule has 0 heterocycles. The quantitative estimate of drug-likeness (QED) is 0.914. The number of benzene rings is 2. The van der Waals surface area contributed by atoms with Crippen molar-refractivity contribution in [2.75, 3.05) is 12.4 Å². The fourth-order valence-electron chi connectivity index (χ4n) is 2.03. The number of halogens is 1. The normalized spacial score (nSPS) is 12.2. The highest BCUT2D eigenvalue weighted by atomic mass is 19.1. The molecular formula is C17H19FN2O.